The smallest absolute Gasteiger partial charge is 0.254 e. The fraction of sp³-hybridized carbons (Fsp3) is 0.562. The lowest BCUT2D eigenvalue weighted by molar-refractivity contribution is 0.0616. The molecule has 0 saturated heterocycles. The van der Waals surface area contributed by atoms with Gasteiger partial charge in [0.05, 0.1) is 0 Å². The number of halogens is 1. The zero-order valence-corrected chi connectivity index (χ0v) is 13.3. The van der Waals surface area contributed by atoms with E-state index < -0.39 is 0 Å². The van der Waals surface area contributed by atoms with Crippen LogP contribution < -0.4 is 5.73 Å². The highest BCUT2D eigenvalue weighted by Gasteiger charge is 2.37. The van der Waals surface area contributed by atoms with Crippen LogP contribution in [0.4, 0.5) is 5.69 Å². The minimum atomic E-state index is 0. The van der Waals surface area contributed by atoms with E-state index in [9.17, 15) is 4.79 Å². The Morgan fingerprint density at radius 2 is 2.05 bits per heavy atom. The largest absolute Gasteiger partial charge is 0.399 e. The van der Waals surface area contributed by atoms with Gasteiger partial charge in [0.1, 0.15) is 0 Å². The number of nitrogens with two attached hydrogens (primary N) is 1. The molecule has 4 heteroatoms. The Morgan fingerprint density at radius 1 is 1.40 bits per heavy atom. The van der Waals surface area contributed by atoms with Crippen LogP contribution in [0.1, 0.15) is 50.4 Å². The van der Waals surface area contributed by atoms with Crippen molar-refractivity contribution < 1.29 is 4.79 Å². The molecule has 1 aromatic carbocycles. The monoisotopic (exact) mass is 296 g/mol. The lowest BCUT2D eigenvalue weighted by atomic mass is 9.98. The average Bonchev–Trinajstić information content (AvgIpc) is 3.22. The Bertz CT molecular complexity index is 460. The minimum Gasteiger partial charge on any atom is -0.399 e. The lowest BCUT2D eigenvalue weighted by Gasteiger charge is -2.33. The topological polar surface area (TPSA) is 46.3 Å². The van der Waals surface area contributed by atoms with Crippen molar-refractivity contribution in [1.82, 2.24) is 4.90 Å². The number of carbonyl (C=O) groups is 1. The quantitative estimate of drug-likeness (QED) is 0.842. The van der Waals surface area contributed by atoms with Gasteiger partial charge in [-0.2, -0.15) is 0 Å². The number of anilines is 1. The average molecular weight is 297 g/mol. The van der Waals surface area contributed by atoms with Gasteiger partial charge >= 0.3 is 0 Å². The van der Waals surface area contributed by atoms with Crippen LogP contribution in [0.15, 0.2) is 24.3 Å². The molecule has 0 spiro atoms. The third-order valence-corrected chi connectivity index (χ3v) is 4.21. The summed E-state index contributed by atoms with van der Waals surface area (Å²) in [6.07, 6.45) is 3.36. The molecule has 0 aliphatic heterocycles. The summed E-state index contributed by atoms with van der Waals surface area (Å²) in [6, 6.07) is 8.01. The van der Waals surface area contributed by atoms with Crippen molar-refractivity contribution in [3.63, 3.8) is 0 Å². The van der Waals surface area contributed by atoms with Gasteiger partial charge in [0, 0.05) is 23.3 Å². The van der Waals surface area contributed by atoms with Crippen LogP contribution in [0, 0.1) is 5.92 Å². The molecular weight excluding hydrogens is 272 g/mol. The highest BCUT2D eigenvalue weighted by Crippen LogP contribution is 2.32. The second kappa shape index (κ2) is 6.98. The first-order valence-electron chi connectivity index (χ1n) is 7.22. The van der Waals surface area contributed by atoms with Gasteiger partial charge in [-0.1, -0.05) is 26.3 Å². The Balaban J connectivity index is 0.00000200. The van der Waals surface area contributed by atoms with Crippen molar-refractivity contribution in [1.29, 1.82) is 0 Å². The number of rotatable bonds is 5. The van der Waals surface area contributed by atoms with E-state index in [2.05, 4.69) is 25.7 Å². The maximum Gasteiger partial charge on any atom is 0.254 e. The summed E-state index contributed by atoms with van der Waals surface area (Å²) in [6.45, 7) is 6.56. The maximum atomic E-state index is 12.7. The number of hydrogen-bond acceptors (Lipinski definition) is 2. The van der Waals surface area contributed by atoms with E-state index in [1.54, 1.807) is 6.07 Å². The molecule has 1 aliphatic rings. The highest BCUT2D eigenvalue weighted by atomic mass is 35.5. The molecule has 2 N–H and O–H groups in total. The molecule has 2 rings (SSSR count). The molecule has 20 heavy (non-hydrogen) atoms. The molecule has 1 fully saturated rings. The summed E-state index contributed by atoms with van der Waals surface area (Å²) < 4.78 is 0. The van der Waals surface area contributed by atoms with Crippen LogP contribution in [0.5, 0.6) is 0 Å². The van der Waals surface area contributed by atoms with Crippen molar-refractivity contribution in [2.45, 2.75) is 52.1 Å². The Labute approximate surface area is 127 Å². The van der Waals surface area contributed by atoms with Crippen molar-refractivity contribution in [2.24, 2.45) is 5.92 Å². The van der Waals surface area contributed by atoms with E-state index in [-0.39, 0.29) is 24.4 Å². The second-order valence-corrected chi connectivity index (χ2v) is 5.70. The van der Waals surface area contributed by atoms with Crippen molar-refractivity contribution >= 4 is 24.0 Å². The fourth-order valence-electron chi connectivity index (χ4n) is 2.47. The highest BCUT2D eigenvalue weighted by molar-refractivity contribution is 5.95. The van der Waals surface area contributed by atoms with Crippen LogP contribution in [-0.4, -0.2) is 22.9 Å². The third-order valence-electron chi connectivity index (χ3n) is 4.21. The molecule has 1 amide bonds. The number of hydrogen-bond donors (Lipinski definition) is 1. The first-order chi connectivity index (χ1) is 9.04. The van der Waals surface area contributed by atoms with E-state index >= 15 is 0 Å². The summed E-state index contributed by atoms with van der Waals surface area (Å²) in [7, 11) is 0. The predicted octanol–water partition coefficient (Wildman–Crippen LogP) is 3.73. The molecular formula is C16H25ClN2O. The number of amides is 1. The fourth-order valence-corrected chi connectivity index (χ4v) is 2.47. The molecule has 3 nitrogen and oxygen atoms in total. The van der Waals surface area contributed by atoms with E-state index in [1.165, 1.54) is 0 Å². The van der Waals surface area contributed by atoms with E-state index in [0.717, 1.165) is 19.3 Å². The summed E-state index contributed by atoms with van der Waals surface area (Å²) in [5.41, 5.74) is 7.14. The third kappa shape index (κ3) is 3.66. The number of carbonyl (C=O) groups excluding carboxylic acids is 1. The molecule has 2 unspecified atom stereocenters. The summed E-state index contributed by atoms with van der Waals surface area (Å²) in [5, 5.41) is 0. The normalized spacial score (nSPS) is 16.9. The predicted molar refractivity (Wildman–Crippen MR) is 86.2 cm³/mol. The van der Waals surface area contributed by atoms with Gasteiger partial charge in [-0.15, -0.1) is 12.4 Å². The van der Waals surface area contributed by atoms with Crippen LogP contribution in [0.25, 0.3) is 0 Å². The zero-order valence-electron chi connectivity index (χ0n) is 12.5. The van der Waals surface area contributed by atoms with Gasteiger partial charge in [-0.3, -0.25) is 4.79 Å². The Hall–Kier alpha value is -1.22. The first kappa shape index (κ1) is 16.8. The lowest BCUT2D eigenvalue weighted by Crippen LogP contribution is -2.43. The van der Waals surface area contributed by atoms with E-state index in [0.29, 0.717) is 23.2 Å². The minimum absolute atomic E-state index is 0. The molecule has 1 saturated carbocycles. The van der Waals surface area contributed by atoms with Gasteiger partial charge in [0.15, 0.2) is 0 Å². The molecule has 1 aromatic rings. The first-order valence-corrected chi connectivity index (χ1v) is 7.22. The summed E-state index contributed by atoms with van der Waals surface area (Å²) >= 11 is 0. The van der Waals surface area contributed by atoms with Gasteiger partial charge in [-0.25, -0.2) is 0 Å². The molecule has 0 bridgehead atoms. The van der Waals surface area contributed by atoms with Gasteiger partial charge in [0.2, 0.25) is 0 Å². The zero-order chi connectivity index (χ0) is 14.0. The van der Waals surface area contributed by atoms with Crippen LogP contribution in [0.2, 0.25) is 0 Å². The molecule has 0 heterocycles. The van der Waals surface area contributed by atoms with E-state index in [1.807, 2.05) is 18.2 Å². The van der Waals surface area contributed by atoms with Crippen LogP contribution >= 0.6 is 12.4 Å². The molecule has 2 atom stereocenters. The Morgan fingerprint density at radius 3 is 2.55 bits per heavy atom. The van der Waals surface area contributed by atoms with E-state index in [4.69, 9.17) is 5.73 Å². The molecule has 112 valence electrons. The number of benzene rings is 1. The summed E-state index contributed by atoms with van der Waals surface area (Å²) in [5.74, 6) is 0.646. The number of nitrogen functional groups attached to an aromatic ring is 1. The maximum absolute atomic E-state index is 12.7. The Kier molecular flexibility index (Phi) is 5.88. The molecule has 0 radical (unpaired) electrons. The van der Waals surface area contributed by atoms with Crippen LogP contribution in [-0.2, 0) is 0 Å². The van der Waals surface area contributed by atoms with Crippen molar-refractivity contribution in [3.05, 3.63) is 29.8 Å². The number of nitrogens with zero attached hydrogens (tertiary/aromatic N) is 1. The molecule has 1 aliphatic carbocycles. The SMILES string of the molecule is CCC(C)C(C)N(C(=O)c1cccc(N)c1)C1CC1.Cl. The summed E-state index contributed by atoms with van der Waals surface area (Å²) in [4.78, 5) is 14.8. The van der Waals surface area contributed by atoms with Crippen LogP contribution in [0.3, 0.4) is 0 Å². The molecule has 0 aromatic heterocycles. The van der Waals surface area contributed by atoms with Crippen molar-refractivity contribution in [3.8, 4) is 0 Å². The van der Waals surface area contributed by atoms with Gasteiger partial charge in [0.25, 0.3) is 5.91 Å². The van der Waals surface area contributed by atoms with Crippen molar-refractivity contribution in [2.75, 3.05) is 5.73 Å². The second-order valence-electron chi connectivity index (χ2n) is 5.70. The van der Waals surface area contributed by atoms with Gasteiger partial charge < -0.3 is 10.6 Å². The van der Waals surface area contributed by atoms with Gasteiger partial charge in [-0.05, 0) is 43.9 Å². The standard InChI is InChI=1S/C16H24N2O.ClH/c1-4-11(2)12(3)18(15-8-9-15)16(19)13-6-5-7-14(17)10-13;/h5-7,10-12,15H,4,8-9,17H2,1-3H3;1H.